The van der Waals surface area contributed by atoms with Crippen LogP contribution in [-0.4, -0.2) is 35.8 Å². The lowest BCUT2D eigenvalue weighted by atomic mass is 10.0. The molecular formula is C14H18ClN3O2. The van der Waals surface area contributed by atoms with Gasteiger partial charge in [-0.1, -0.05) is 11.6 Å². The normalized spacial score (nSPS) is 16.0. The van der Waals surface area contributed by atoms with E-state index in [1.54, 1.807) is 25.1 Å². The maximum absolute atomic E-state index is 11.3. The van der Waals surface area contributed by atoms with E-state index >= 15 is 0 Å². The SMILES string of the molecule is CC(=O)N1CCC(Nc2ccc(C(N)=O)c(Cl)c2)CC1. The maximum atomic E-state index is 11.3. The molecule has 0 saturated carbocycles. The van der Waals surface area contributed by atoms with Crippen molar-refractivity contribution in [1.82, 2.24) is 4.90 Å². The van der Waals surface area contributed by atoms with Crippen LogP contribution in [0.1, 0.15) is 30.1 Å². The van der Waals surface area contributed by atoms with Crippen LogP contribution < -0.4 is 11.1 Å². The Morgan fingerprint density at radius 3 is 2.50 bits per heavy atom. The first-order chi connectivity index (χ1) is 9.47. The third kappa shape index (κ3) is 3.42. The van der Waals surface area contributed by atoms with Gasteiger partial charge < -0.3 is 16.0 Å². The number of hydrogen-bond donors (Lipinski definition) is 2. The number of benzene rings is 1. The summed E-state index contributed by atoms with van der Waals surface area (Å²) >= 11 is 6.01. The first-order valence-corrected chi connectivity index (χ1v) is 6.96. The Morgan fingerprint density at radius 2 is 2.00 bits per heavy atom. The second-order valence-corrected chi connectivity index (χ2v) is 5.39. The van der Waals surface area contributed by atoms with Crippen LogP contribution in [0.25, 0.3) is 0 Å². The Labute approximate surface area is 123 Å². The summed E-state index contributed by atoms with van der Waals surface area (Å²) in [4.78, 5) is 24.2. The molecule has 0 radical (unpaired) electrons. The zero-order chi connectivity index (χ0) is 14.7. The Kier molecular flexibility index (Phi) is 4.49. The average Bonchev–Trinajstić information content (AvgIpc) is 2.39. The van der Waals surface area contributed by atoms with E-state index in [-0.39, 0.29) is 5.91 Å². The van der Waals surface area contributed by atoms with Crippen LogP contribution in [0, 0.1) is 0 Å². The molecule has 0 unspecified atom stereocenters. The highest BCUT2D eigenvalue weighted by Crippen LogP contribution is 2.23. The van der Waals surface area contributed by atoms with Crippen molar-refractivity contribution >= 4 is 29.1 Å². The quantitative estimate of drug-likeness (QED) is 0.894. The molecule has 20 heavy (non-hydrogen) atoms. The second kappa shape index (κ2) is 6.13. The number of anilines is 1. The van der Waals surface area contributed by atoms with Crippen molar-refractivity contribution < 1.29 is 9.59 Å². The van der Waals surface area contributed by atoms with Crippen LogP contribution in [0.3, 0.4) is 0 Å². The predicted molar refractivity (Wildman–Crippen MR) is 78.9 cm³/mol. The van der Waals surface area contributed by atoms with Gasteiger partial charge in [-0.15, -0.1) is 0 Å². The largest absolute Gasteiger partial charge is 0.382 e. The molecule has 0 aromatic heterocycles. The van der Waals surface area contributed by atoms with Crippen molar-refractivity contribution in [2.75, 3.05) is 18.4 Å². The Morgan fingerprint density at radius 1 is 1.35 bits per heavy atom. The number of nitrogens with one attached hydrogen (secondary N) is 1. The fourth-order valence-corrected chi connectivity index (χ4v) is 2.65. The summed E-state index contributed by atoms with van der Waals surface area (Å²) in [6.07, 6.45) is 1.80. The lowest BCUT2D eigenvalue weighted by Crippen LogP contribution is -2.41. The monoisotopic (exact) mass is 295 g/mol. The van der Waals surface area contributed by atoms with E-state index in [4.69, 9.17) is 17.3 Å². The number of rotatable bonds is 3. The number of halogens is 1. The van der Waals surface area contributed by atoms with Gasteiger partial charge in [-0.25, -0.2) is 0 Å². The molecule has 0 bridgehead atoms. The van der Waals surface area contributed by atoms with Crippen LogP contribution in [0.15, 0.2) is 18.2 Å². The van der Waals surface area contributed by atoms with E-state index < -0.39 is 5.91 Å². The van der Waals surface area contributed by atoms with Gasteiger partial charge in [0.25, 0.3) is 0 Å². The second-order valence-electron chi connectivity index (χ2n) is 4.98. The molecule has 1 aliphatic heterocycles. The van der Waals surface area contributed by atoms with E-state index in [1.165, 1.54) is 0 Å². The van der Waals surface area contributed by atoms with Gasteiger partial charge in [-0.3, -0.25) is 9.59 Å². The number of nitrogens with two attached hydrogens (primary N) is 1. The standard InChI is InChI=1S/C14H18ClN3O2/c1-9(19)18-6-4-10(5-7-18)17-11-2-3-12(14(16)20)13(15)8-11/h2-3,8,10,17H,4-7H2,1H3,(H2,16,20). The molecule has 5 nitrogen and oxygen atoms in total. The molecule has 1 aliphatic rings. The summed E-state index contributed by atoms with van der Waals surface area (Å²) in [5.74, 6) is -0.409. The lowest BCUT2D eigenvalue weighted by molar-refractivity contribution is -0.129. The predicted octanol–water partition coefficient (Wildman–Crippen LogP) is 1.86. The van der Waals surface area contributed by atoms with Crippen molar-refractivity contribution in [1.29, 1.82) is 0 Å². The Bertz CT molecular complexity index is 525. The molecule has 108 valence electrons. The van der Waals surface area contributed by atoms with Gasteiger partial charge in [0.05, 0.1) is 10.6 Å². The minimum Gasteiger partial charge on any atom is -0.382 e. The highest BCUT2D eigenvalue weighted by Gasteiger charge is 2.20. The minimum absolute atomic E-state index is 0.123. The molecule has 1 aromatic rings. The van der Waals surface area contributed by atoms with Crippen molar-refractivity contribution in [3.05, 3.63) is 28.8 Å². The number of nitrogens with zero attached hydrogens (tertiary/aromatic N) is 1. The molecule has 1 heterocycles. The van der Waals surface area contributed by atoms with E-state index in [0.29, 0.717) is 16.6 Å². The summed E-state index contributed by atoms with van der Waals surface area (Å²) in [5.41, 5.74) is 6.40. The molecule has 0 aliphatic carbocycles. The number of primary amides is 1. The van der Waals surface area contributed by atoms with Crippen LogP contribution in [-0.2, 0) is 4.79 Å². The van der Waals surface area contributed by atoms with Crippen molar-refractivity contribution in [3.63, 3.8) is 0 Å². The molecule has 1 fully saturated rings. The summed E-state index contributed by atoms with van der Waals surface area (Å²) < 4.78 is 0. The topological polar surface area (TPSA) is 75.4 Å². The van der Waals surface area contributed by atoms with Crippen molar-refractivity contribution in [3.8, 4) is 0 Å². The van der Waals surface area contributed by atoms with E-state index in [2.05, 4.69) is 5.32 Å². The Balaban J connectivity index is 1.96. The zero-order valence-corrected chi connectivity index (χ0v) is 12.1. The summed E-state index contributed by atoms with van der Waals surface area (Å²) in [5, 5.41) is 3.72. The first-order valence-electron chi connectivity index (χ1n) is 6.59. The van der Waals surface area contributed by atoms with Gasteiger partial charge in [0.2, 0.25) is 11.8 Å². The van der Waals surface area contributed by atoms with Crippen LogP contribution in [0.4, 0.5) is 5.69 Å². The van der Waals surface area contributed by atoms with E-state index in [1.807, 2.05) is 4.90 Å². The van der Waals surface area contributed by atoms with E-state index in [0.717, 1.165) is 31.6 Å². The van der Waals surface area contributed by atoms with Gasteiger partial charge in [-0.2, -0.15) is 0 Å². The van der Waals surface area contributed by atoms with Gasteiger partial charge >= 0.3 is 0 Å². The first kappa shape index (κ1) is 14.7. The third-order valence-corrected chi connectivity index (χ3v) is 3.86. The summed E-state index contributed by atoms with van der Waals surface area (Å²) in [7, 11) is 0. The molecule has 0 atom stereocenters. The number of piperidine rings is 1. The van der Waals surface area contributed by atoms with Crippen LogP contribution in [0.5, 0.6) is 0 Å². The minimum atomic E-state index is -0.531. The zero-order valence-electron chi connectivity index (χ0n) is 11.4. The highest BCUT2D eigenvalue weighted by molar-refractivity contribution is 6.34. The molecule has 6 heteroatoms. The van der Waals surface area contributed by atoms with Crippen LogP contribution in [0.2, 0.25) is 5.02 Å². The van der Waals surface area contributed by atoms with Gasteiger partial charge in [-0.05, 0) is 31.0 Å². The Hall–Kier alpha value is -1.75. The number of hydrogen-bond acceptors (Lipinski definition) is 3. The highest BCUT2D eigenvalue weighted by atomic mass is 35.5. The third-order valence-electron chi connectivity index (χ3n) is 3.55. The molecule has 1 saturated heterocycles. The average molecular weight is 296 g/mol. The molecular weight excluding hydrogens is 278 g/mol. The van der Waals surface area contributed by atoms with Gasteiger partial charge in [0, 0.05) is 31.7 Å². The summed E-state index contributed by atoms with van der Waals surface area (Å²) in [6, 6.07) is 5.43. The molecule has 0 spiro atoms. The fraction of sp³-hybridized carbons (Fsp3) is 0.429. The summed E-state index contributed by atoms with van der Waals surface area (Å²) in [6.45, 7) is 3.12. The number of carbonyl (C=O) groups is 2. The molecule has 2 amide bonds. The number of likely N-dealkylation sites (tertiary alicyclic amines) is 1. The smallest absolute Gasteiger partial charge is 0.250 e. The molecule has 1 aromatic carbocycles. The van der Waals surface area contributed by atoms with Gasteiger partial charge in [0.15, 0.2) is 0 Å². The van der Waals surface area contributed by atoms with E-state index in [9.17, 15) is 9.59 Å². The van der Waals surface area contributed by atoms with Crippen molar-refractivity contribution in [2.45, 2.75) is 25.8 Å². The number of carbonyl (C=O) groups excluding carboxylic acids is 2. The molecule has 3 N–H and O–H groups in total. The van der Waals surface area contributed by atoms with Crippen LogP contribution >= 0.6 is 11.6 Å². The maximum Gasteiger partial charge on any atom is 0.250 e. The molecule has 2 rings (SSSR count). The van der Waals surface area contributed by atoms with Crippen molar-refractivity contribution in [2.24, 2.45) is 5.73 Å². The van der Waals surface area contributed by atoms with Gasteiger partial charge in [0.1, 0.15) is 0 Å². The lowest BCUT2D eigenvalue weighted by Gasteiger charge is -2.32. The number of amides is 2. The fourth-order valence-electron chi connectivity index (χ4n) is 2.38.